The van der Waals surface area contributed by atoms with Gasteiger partial charge in [0.1, 0.15) is 6.61 Å². The van der Waals surface area contributed by atoms with Crippen molar-refractivity contribution in [1.82, 2.24) is 15.3 Å². The van der Waals surface area contributed by atoms with E-state index in [4.69, 9.17) is 4.74 Å². The largest absolute Gasteiger partial charge is 0.460 e. The van der Waals surface area contributed by atoms with Crippen molar-refractivity contribution >= 4 is 34.2 Å². The van der Waals surface area contributed by atoms with Crippen LogP contribution in [-0.4, -0.2) is 35.0 Å². The summed E-state index contributed by atoms with van der Waals surface area (Å²) in [6.45, 7) is 0.0448. The standard InChI is InChI=1S/C25H19F3N4O3/c26-25(27,28)17-7-8-18-21(9-11-30-22(18)14-17)32-20-6-2-1-5-19(20)24(34)35-13-12-31-23(33)16-4-3-10-29-15-16/h1-11,14-15H,12-13H2,(H,30,32)(H,31,33). The van der Waals surface area contributed by atoms with E-state index in [1.165, 1.54) is 18.5 Å². The van der Waals surface area contributed by atoms with E-state index in [1.807, 2.05) is 0 Å². The van der Waals surface area contributed by atoms with Crippen molar-refractivity contribution in [2.45, 2.75) is 6.18 Å². The van der Waals surface area contributed by atoms with E-state index in [-0.39, 0.29) is 30.1 Å². The summed E-state index contributed by atoms with van der Waals surface area (Å²) in [5, 5.41) is 6.18. The highest BCUT2D eigenvalue weighted by molar-refractivity contribution is 5.99. The molecule has 0 radical (unpaired) electrons. The molecule has 2 heterocycles. The average Bonchev–Trinajstić information content (AvgIpc) is 2.86. The molecule has 10 heteroatoms. The van der Waals surface area contributed by atoms with Crippen LogP contribution in [0.4, 0.5) is 24.5 Å². The maximum absolute atomic E-state index is 13.0. The number of alkyl halides is 3. The van der Waals surface area contributed by atoms with Crippen molar-refractivity contribution in [2.24, 2.45) is 0 Å². The zero-order chi connectivity index (χ0) is 24.8. The molecule has 0 aliphatic carbocycles. The number of hydrogen-bond donors (Lipinski definition) is 2. The van der Waals surface area contributed by atoms with Crippen molar-refractivity contribution in [3.63, 3.8) is 0 Å². The third kappa shape index (κ3) is 5.72. The Morgan fingerprint density at radius 1 is 0.943 bits per heavy atom. The van der Waals surface area contributed by atoms with Crippen molar-refractivity contribution in [2.75, 3.05) is 18.5 Å². The number of nitrogens with one attached hydrogen (secondary N) is 2. The molecule has 0 bridgehead atoms. The molecule has 0 spiro atoms. The quantitative estimate of drug-likeness (QED) is 0.286. The number of nitrogens with zero attached hydrogens (tertiary/aromatic N) is 2. The van der Waals surface area contributed by atoms with Crippen molar-refractivity contribution in [3.8, 4) is 0 Å². The summed E-state index contributed by atoms with van der Waals surface area (Å²) in [7, 11) is 0. The minimum absolute atomic E-state index is 0.0580. The number of hydrogen-bond acceptors (Lipinski definition) is 6. The maximum Gasteiger partial charge on any atom is 0.416 e. The van der Waals surface area contributed by atoms with Crippen LogP contribution >= 0.6 is 0 Å². The van der Waals surface area contributed by atoms with Crippen LogP contribution in [0.25, 0.3) is 10.9 Å². The summed E-state index contributed by atoms with van der Waals surface area (Å²) < 4.78 is 44.4. The van der Waals surface area contributed by atoms with Gasteiger partial charge >= 0.3 is 12.1 Å². The zero-order valence-electron chi connectivity index (χ0n) is 18.2. The number of fused-ring (bicyclic) bond motifs is 1. The average molecular weight is 480 g/mol. The van der Waals surface area contributed by atoms with Gasteiger partial charge in [0.2, 0.25) is 0 Å². The molecule has 0 unspecified atom stereocenters. The normalized spacial score (nSPS) is 11.2. The summed E-state index contributed by atoms with van der Waals surface area (Å²) in [6.07, 6.45) is -0.113. The van der Waals surface area contributed by atoms with E-state index in [0.717, 1.165) is 12.1 Å². The Morgan fingerprint density at radius 2 is 1.77 bits per heavy atom. The molecule has 2 N–H and O–H groups in total. The van der Waals surface area contributed by atoms with Gasteiger partial charge in [-0.2, -0.15) is 13.2 Å². The minimum Gasteiger partial charge on any atom is -0.460 e. The number of amides is 1. The highest BCUT2D eigenvalue weighted by Gasteiger charge is 2.30. The lowest BCUT2D eigenvalue weighted by atomic mass is 10.1. The number of esters is 1. The Kier molecular flexibility index (Phi) is 6.91. The first-order valence-corrected chi connectivity index (χ1v) is 10.5. The third-order valence-electron chi connectivity index (χ3n) is 5.03. The van der Waals surface area contributed by atoms with Crippen molar-refractivity contribution in [3.05, 3.63) is 95.9 Å². The first-order valence-electron chi connectivity index (χ1n) is 10.5. The highest BCUT2D eigenvalue weighted by atomic mass is 19.4. The van der Waals surface area contributed by atoms with Gasteiger partial charge < -0.3 is 15.4 Å². The van der Waals surface area contributed by atoms with Crippen LogP contribution in [0.1, 0.15) is 26.3 Å². The molecule has 2 aromatic heterocycles. The van der Waals surface area contributed by atoms with Gasteiger partial charge in [-0.25, -0.2) is 4.79 Å². The molecule has 1 amide bonds. The van der Waals surface area contributed by atoms with E-state index in [1.54, 1.807) is 48.7 Å². The number of ether oxygens (including phenoxy) is 1. The lowest BCUT2D eigenvalue weighted by Crippen LogP contribution is -2.28. The van der Waals surface area contributed by atoms with E-state index in [0.29, 0.717) is 22.3 Å². The van der Waals surface area contributed by atoms with E-state index >= 15 is 0 Å². The van der Waals surface area contributed by atoms with Crippen LogP contribution in [0.5, 0.6) is 0 Å². The summed E-state index contributed by atoms with van der Waals surface area (Å²) in [5.74, 6) is -0.962. The van der Waals surface area contributed by atoms with Gasteiger partial charge in [0.05, 0.1) is 34.4 Å². The number of para-hydroxylation sites is 1. The first kappa shape index (κ1) is 23.7. The Hall–Kier alpha value is -4.47. The molecule has 0 aliphatic rings. The monoisotopic (exact) mass is 480 g/mol. The third-order valence-corrected chi connectivity index (χ3v) is 5.03. The maximum atomic E-state index is 13.0. The van der Waals surface area contributed by atoms with Crippen LogP contribution in [0.3, 0.4) is 0 Å². The predicted octanol–water partition coefficient (Wildman–Crippen LogP) is 4.98. The van der Waals surface area contributed by atoms with Crippen molar-refractivity contribution < 1.29 is 27.5 Å². The molecule has 2 aromatic carbocycles. The molecule has 4 rings (SSSR count). The number of carbonyl (C=O) groups is 2. The van der Waals surface area contributed by atoms with E-state index < -0.39 is 17.7 Å². The van der Waals surface area contributed by atoms with Crippen LogP contribution < -0.4 is 10.6 Å². The summed E-state index contributed by atoms with van der Waals surface area (Å²) in [5.41, 5.74) is 0.865. The van der Waals surface area contributed by atoms with Crippen LogP contribution in [0, 0.1) is 0 Å². The fourth-order valence-corrected chi connectivity index (χ4v) is 3.33. The molecule has 4 aromatic rings. The van der Waals surface area contributed by atoms with Crippen molar-refractivity contribution in [1.29, 1.82) is 0 Å². The topological polar surface area (TPSA) is 93.2 Å². The second-order valence-electron chi connectivity index (χ2n) is 7.39. The molecule has 0 fully saturated rings. The summed E-state index contributed by atoms with van der Waals surface area (Å²) in [4.78, 5) is 32.6. The fourth-order valence-electron chi connectivity index (χ4n) is 3.33. The molecule has 0 saturated heterocycles. The lowest BCUT2D eigenvalue weighted by molar-refractivity contribution is -0.137. The summed E-state index contributed by atoms with van der Waals surface area (Å²) >= 11 is 0. The van der Waals surface area contributed by atoms with Gasteiger partial charge in [0.25, 0.3) is 5.91 Å². The number of rotatable bonds is 7. The number of benzene rings is 2. The van der Waals surface area contributed by atoms with Gasteiger partial charge in [-0.1, -0.05) is 18.2 Å². The lowest BCUT2D eigenvalue weighted by Gasteiger charge is -2.14. The summed E-state index contributed by atoms with van der Waals surface area (Å²) in [6, 6.07) is 14.7. The Bertz CT molecular complexity index is 1360. The van der Waals surface area contributed by atoms with Gasteiger partial charge in [0, 0.05) is 29.7 Å². The fraction of sp³-hybridized carbons (Fsp3) is 0.120. The molecule has 35 heavy (non-hydrogen) atoms. The smallest absolute Gasteiger partial charge is 0.416 e. The predicted molar refractivity (Wildman–Crippen MR) is 123 cm³/mol. The number of anilines is 2. The van der Waals surface area contributed by atoms with E-state index in [9.17, 15) is 22.8 Å². The van der Waals surface area contributed by atoms with Gasteiger partial charge in [0.15, 0.2) is 0 Å². The Balaban J connectivity index is 1.44. The number of pyridine rings is 2. The SMILES string of the molecule is O=C(NCCOC(=O)c1ccccc1Nc1ccnc2cc(C(F)(F)F)ccc12)c1cccnc1. The van der Waals surface area contributed by atoms with Gasteiger partial charge in [-0.05, 0) is 42.5 Å². The molecular weight excluding hydrogens is 461 g/mol. The second-order valence-corrected chi connectivity index (χ2v) is 7.39. The molecule has 178 valence electrons. The molecule has 0 atom stereocenters. The second kappa shape index (κ2) is 10.2. The first-order chi connectivity index (χ1) is 16.8. The van der Waals surface area contributed by atoms with E-state index in [2.05, 4.69) is 20.6 Å². The number of carbonyl (C=O) groups excluding carboxylic acids is 2. The van der Waals surface area contributed by atoms with Crippen LogP contribution in [0.2, 0.25) is 0 Å². The molecule has 0 saturated carbocycles. The van der Waals surface area contributed by atoms with Crippen LogP contribution in [-0.2, 0) is 10.9 Å². The molecular formula is C25H19F3N4O3. The number of aromatic nitrogens is 2. The van der Waals surface area contributed by atoms with Crippen LogP contribution in [0.15, 0.2) is 79.3 Å². The Morgan fingerprint density at radius 3 is 2.54 bits per heavy atom. The van der Waals surface area contributed by atoms with Gasteiger partial charge in [-0.3, -0.25) is 14.8 Å². The molecule has 7 nitrogen and oxygen atoms in total. The zero-order valence-corrected chi connectivity index (χ0v) is 18.2. The van der Waals surface area contributed by atoms with Gasteiger partial charge in [-0.15, -0.1) is 0 Å². The number of halogens is 3. The minimum atomic E-state index is -4.48. The Labute approximate surface area is 198 Å². The highest BCUT2D eigenvalue weighted by Crippen LogP contribution is 2.33. The molecule has 0 aliphatic heterocycles.